The summed E-state index contributed by atoms with van der Waals surface area (Å²) < 4.78 is 5.40. The molecular weight excluding hydrogens is 418 g/mol. The molecule has 5 N–H and O–H groups in total. The van der Waals surface area contributed by atoms with Crippen LogP contribution in [0.25, 0.3) is 0 Å². The highest BCUT2D eigenvalue weighted by molar-refractivity contribution is 6.33. The lowest BCUT2D eigenvalue weighted by Crippen LogP contribution is -2.36. The maximum absolute atomic E-state index is 12.1. The number of carbonyl (C=O) groups excluding carboxylic acids is 1. The molecule has 9 heteroatoms. The number of halogens is 1. The minimum Gasteiger partial charge on any atom is -0.508 e. The summed E-state index contributed by atoms with van der Waals surface area (Å²) >= 11 is 6.54. The lowest BCUT2D eigenvalue weighted by molar-refractivity contribution is 0.100. The highest BCUT2D eigenvalue weighted by Gasteiger charge is 2.20. The highest BCUT2D eigenvalue weighted by Crippen LogP contribution is 2.29. The van der Waals surface area contributed by atoms with E-state index in [0.29, 0.717) is 48.3 Å². The fourth-order valence-corrected chi connectivity index (χ4v) is 3.95. The number of nitrogens with one attached hydrogen (secondary N) is 2. The SMILES string of the molecule is NC(=O)c1c(NCc2ccc(O)cc2)n[nH]c1Cc1ccc(N2CCOCC2)c(Cl)c1. The molecule has 0 bridgehead atoms. The summed E-state index contributed by atoms with van der Waals surface area (Å²) in [5, 5.41) is 20.3. The van der Waals surface area contributed by atoms with E-state index in [9.17, 15) is 9.90 Å². The number of amides is 1. The van der Waals surface area contributed by atoms with Crippen molar-refractivity contribution in [3.8, 4) is 5.75 Å². The molecule has 1 aliphatic heterocycles. The maximum atomic E-state index is 12.1. The van der Waals surface area contributed by atoms with Gasteiger partial charge in [0.1, 0.15) is 11.3 Å². The van der Waals surface area contributed by atoms with Crippen LogP contribution in [0.3, 0.4) is 0 Å². The second-order valence-corrected chi connectivity index (χ2v) is 7.78. The normalized spacial score (nSPS) is 13.9. The van der Waals surface area contributed by atoms with Crippen LogP contribution in [0.15, 0.2) is 42.5 Å². The number of phenolic OH excluding ortho intramolecular Hbond substituents is 1. The van der Waals surface area contributed by atoms with Crippen molar-refractivity contribution in [3.05, 3.63) is 69.9 Å². The Morgan fingerprint density at radius 2 is 1.90 bits per heavy atom. The number of carbonyl (C=O) groups is 1. The zero-order valence-electron chi connectivity index (χ0n) is 16.9. The number of aromatic hydroxyl groups is 1. The van der Waals surface area contributed by atoms with Crippen molar-refractivity contribution in [2.45, 2.75) is 13.0 Å². The Kier molecular flexibility index (Phi) is 6.29. The van der Waals surface area contributed by atoms with Crippen LogP contribution < -0.4 is 16.0 Å². The van der Waals surface area contributed by atoms with E-state index in [1.807, 2.05) is 18.2 Å². The summed E-state index contributed by atoms with van der Waals surface area (Å²) in [7, 11) is 0. The molecule has 2 heterocycles. The molecule has 1 fully saturated rings. The van der Waals surface area contributed by atoms with Gasteiger partial charge in [0.2, 0.25) is 0 Å². The van der Waals surface area contributed by atoms with E-state index in [1.165, 1.54) is 0 Å². The molecule has 8 nitrogen and oxygen atoms in total. The molecule has 0 spiro atoms. The average Bonchev–Trinajstić information content (AvgIpc) is 3.17. The Bertz CT molecular complexity index is 1060. The van der Waals surface area contributed by atoms with E-state index in [0.717, 1.165) is 29.9 Å². The molecule has 1 amide bonds. The third-order valence-corrected chi connectivity index (χ3v) is 5.53. The Morgan fingerprint density at radius 3 is 2.58 bits per heavy atom. The number of hydrogen-bond donors (Lipinski definition) is 4. The Labute approximate surface area is 185 Å². The third-order valence-electron chi connectivity index (χ3n) is 5.23. The van der Waals surface area contributed by atoms with Gasteiger partial charge in [-0.05, 0) is 35.4 Å². The molecular formula is C22H24ClN5O3. The highest BCUT2D eigenvalue weighted by atomic mass is 35.5. The number of H-pyrrole nitrogens is 1. The van der Waals surface area contributed by atoms with Crippen molar-refractivity contribution in [2.24, 2.45) is 5.73 Å². The first kappa shape index (κ1) is 21.0. The van der Waals surface area contributed by atoms with Crippen LogP contribution in [0.5, 0.6) is 5.75 Å². The second kappa shape index (κ2) is 9.28. The molecule has 162 valence electrons. The van der Waals surface area contributed by atoms with Gasteiger partial charge in [-0.3, -0.25) is 9.89 Å². The molecule has 1 aromatic heterocycles. The Morgan fingerprint density at radius 1 is 1.19 bits per heavy atom. The number of morpholine rings is 1. The van der Waals surface area contributed by atoms with E-state index in [4.69, 9.17) is 22.1 Å². The maximum Gasteiger partial charge on any atom is 0.254 e. The number of nitrogens with two attached hydrogens (primary N) is 1. The lowest BCUT2D eigenvalue weighted by Gasteiger charge is -2.29. The van der Waals surface area contributed by atoms with Gasteiger partial charge in [-0.2, -0.15) is 5.10 Å². The van der Waals surface area contributed by atoms with Gasteiger partial charge in [0.15, 0.2) is 5.82 Å². The molecule has 0 radical (unpaired) electrons. The smallest absolute Gasteiger partial charge is 0.254 e. The predicted molar refractivity (Wildman–Crippen MR) is 120 cm³/mol. The molecule has 2 aromatic carbocycles. The van der Waals surface area contributed by atoms with E-state index in [1.54, 1.807) is 24.3 Å². The van der Waals surface area contributed by atoms with Crippen LogP contribution in [0, 0.1) is 0 Å². The fourth-order valence-electron chi connectivity index (χ4n) is 3.62. The van der Waals surface area contributed by atoms with Crippen molar-refractivity contribution in [3.63, 3.8) is 0 Å². The second-order valence-electron chi connectivity index (χ2n) is 7.37. The van der Waals surface area contributed by atoms with Crippen LogP contribution in [0.1, 0.15) is 27.2 Å². The van der Waals surface area contributed by atoms with Crippen molar-refractivity contribution >= 4 is 29.0 Å². The first-order chi connectivity index (χ1) is 15.0. The van der Waals surface area contributed by atoms with Gasteiger partial charge in [0, 0.05) is 26.1 Å². The number of primary amides is 1. The van der Waals surface area contributed by atoms with Gasteiger partial charge in [-0.1, -0.05) is 29.8 Å². The number of rotatable bonds is 7. The topological polar surface area (TPSA) is 116 Å². The summed E-state index contributed by atoms with van der Waals surface area (Å²) in [6, 6.07) is 12.7. The summed E-state index contributed by atoms with van der Waals surface area (Å²) in [4.78, 5) is 14.3. The van der Waals surface area contributed by atoms with Gasteiger partial charge in [-0.25, -0.2) is 0 Å². The number of ether oxygens (including phenoxy) is 1. The summed E-state index contributed by atoms with van der Waals surface area (Å²) in [5.74, 6) is 0.0292. The van der Waals surface area contributed by atoms with E-state index in [2.05, 4.69) is 20.4 Å². The quantitative estimate of drug-likeness (QED) is 0.448. The molecule has 1 aliphatic rings. The van der Waals surface area contributed by atoms with Crippen molar-refractivity contribution in [1.29, 1.82) is 0 Å². The van der Waals surface area contributed by atoms with Gasteiger partial charge >= 0.3 is 0 Å². The first-order valence-corrected chi connectivity index (χ1v) is 10.4. The van der Waals surface area contributed by atoms with Crippen LogP contribution in [0.4, 0.5) is 11.5 Å². The monoisotopic (exact) mass is 441 g/mol. The van der Waals surface area contributed by atoms with Gasteiger partial charge in [0.25, 0.3) is 5.91 Å². The minimum atomic E-state index is -0.562. The molecule has 1 saturated heterocycles. The first-order valence-electron chi connectivity index (χ1n) is 10.0. The molecule has 4 rings (SSSR count). The molecule has 0 atom stereocenters. The van der Waals surface area contributed by atoms with Crippen LogP contribution in [-0.2, 0) is 17.7 Å². The minimum absolute atomic E-state index is 0.196. The largest absolute Gasteiger partial charge is 0.508 e. The molecule has 0 saturated carbocycles. The Hall–Kier alpha value is -3.23. The predicted octanol–water partition coefficient (Wildman–Crippen LogP) is 2.91. The van der Waals surface area contributed by atoms with E-state index < -0.39 is 5.91 Å². The number of hydrogen-bond acceptors (Lipinski definition) is 6. The lowest BCUT2D eigenvalue weighted by atomic mass is 10.1. The molecule has 3 aromatic rings. The zero-order chi connectivity index (χ0) is 21.8. The van der Waals surface area contributed by atoms with Gasteiger partial charge in [-0.15, -0.1) is 0 Å². The Balaban J connectivity index is 1.49. The summed E-state index contributed by atoms with van der Waals surface area (Å²) in [5.41, 5.74) is 9.44. The van der Waals surface area contributed by atoms with E-state index in [-0.39, 0.29) is 5.75 Å². The number of anilines is 2. The van der Waals surface area contributed by atoms with Crippen molar-refractivity contribution in [2.75, 3.05) is 36.5 Å². The van der Waals surface area contributed by atoms with Crippen LogP contribution in [0.2, 0.25) is 5.02 Å². The van der Waals surface area contributed by atoms with Crippen LogP contribution in [-0.4, -0.2) is 47.5 Å². The standard InChI is InChI=1S/C22H24ClN5O3/c23-17-11-15(3-6-19(17)28-7-9-31-10-8-28)12-18-20(21(24)30)22(27-26-18)25-13-14-1-4-16(29)5-2-14/h1-6,11,29H,7-10,12-13H2,(H2,24,30)(H2,25,26,27). The molecule has 0 unspecified atom stereocenters. The summed E-state index contributed by atoms with van der Waals surface area (Å²) in [6.45, 7) is 3.43. The van der Waals surface area contributed by atoms with Crippen LogP contribution >= 0.6 is 11.6 Å². The summed E-state index contributed by atoms with van der Waals surface area (Å²) in [6.07, 6.45) is 0.440. The number of aromatic nitrogens is 2. The third kappa shape index (κ3) is 4.92. The number of nitrogens with zero attached hydrogens (tertiary/aromatic N) is 2. The van der Waals surface area contributed by atoms with E-state index >= 15 is 0 Å². The number of phenols is 1. The average molecular weight is 442 g/mol. The van der Waals surface area contributed by atoms with Crippen molar-refractivity contribution in [1.82, 2.24) is 10.2 Å². The molecule has 31 heavy (non-hydrogen) atoms. The zero-order valence-corrected chi connectivity index (χ0v) is 17.7. The number of benzene rings is 2. The molecule has 0 aliphatic carbocycles. The fraction of sp³-hybridized carbons (Fsp3) is 0.273. The van der Waals surface area contributed by atoms with Crippen molar-refractivity contribution < 1.29 is 14.6 Å². The number of aromatic amines is 1. The van der Waals surface area contributed by atoms with Gasteiger partial charge < -0.3 is 25.8 Å². The van der Waals surface area contributed by atoms with Gasteiger partial charge in [0.05, 0.1) is 29.6 Å².